The number of nitrogens with zero attached hydrogens (tertiary/aromatic N) is 2. The molecule has 0 saturated carbocycles. The van der Waals surface area contributed by atoms with E-state index in [0.29, 0.717) is 12.5 Å². The first-order valence-electron chi connectivity index (χ1n) is 7.50. The summed E-state index contributed by atoms with van der Waals surface area (Å²) in [6.45, 7) is 3.11. The van der Waals surface area contributed by atoms with Crippen LogP contribution in [0.3, 0.4) is 0 Å². The second kappa shape index (κ2) is 5.54. The molecule has 4 heteroatoms. The van der Waals surface area contributed by atoms with Crippen molar-refractivity contribution < 1.29 is 4.79 Å². The average Bonchev–Trinajstić information content (AvgIpc) is 2.46. The Hall–Kier alpha value is -1.39. The van der Waals surface area contributed by atoms with Crippen molar-refractivity contribution in [2.75, 3.05) is 25.0 Å². The zero-order valence-corrected chi connectivity index (χ0v) is 12.1. The van der Waals surface area contributed by atoms with Crippen LogP contribution in [0, 0.1) is 0 Å². The number of fused-ring (bicyclic) bond motifs is 1. The molecule has 0 atom stereocenters. The number of carbonyl (C=O) groups is 1. The van der Waals surface area contributed by atoms with Crippen LogP contribution in [-0.4, -0.2) is 37.0 Å². The van der Waals surface area contributed by atoms with Gasteiger partial charge in [0.05, 0.1) is 0 Å². The lowest BCUT2D eigenvalue weighted by Gasteiger charge is -2.31. The summed E-state index contributed by atoms with van der Waals surface area (Å²) in [5.74, 6) is 0.221. The quantitative estimate of drug-likeness (QED) is 0.889. The van der Waals surface area contributed by atoms with Crippen LogP contribution >= 0.6 is 0 Å². The summed E-state index contributed by atoms with van der Waals surface area (Å²) >= 11 is 0. The summed E-state index contributed by atoms with van der Waals surface area (Å²) in [6.07, 6.45) is 3.68. The summed E-state index contributed by atoms with van der Waals surface area (Å²) in [7, 11) is 1.88. The molecule has 2 N–H and O–H groups in total. The van der Waals surface area contributed by atoms with Gasteiger partial charge in [-0.15, -0.1) is 0 Å². The molecule has 3 rings (SSSR count). The second-order valence-corrected chi connectivity index (χ2v) is 6.03. The molecule has 1 aromatic rings. The zero-order valence-electron chi connectivity index (χ0n) is 12.1. The fraction of sp³-hybridized carbons (Fsp3) is 0.562. The summed E-state index contributed by atoms with van der Waals surface area (Å²) in [5.41, 5.74) is 9.62. The van der Waals surface area contributed by atoms with Crippen LogP contribution in [0.1, 0.15) is 30.4 Å². The topological polar surface area (TPSA) is 49.6 Å². The van der Waals surface area contributed by atoms with E-state index in [0.717, 1.165) is 44.6 Å². The van der Waals surface area contributed by atoms with Crippen molar-refractivity contribution in [3.05, 3.63) is 29.3 Å². The van der Waals surface area contributed by atoms with E-state index < -0.39 is 0 Å². The van der Waals surface area contributed by atoms with Crippen LogP contribution in [-0.2, 0) is 17.8 Å². The molecule has 2 aliphatic heterocycles. The first-order chi connectivity index (χ1) is 9.63. The highest BCUT2D eigenvalue weighted by Crippen LogP contribution is 2.28. The second-order valence-electron chi connectivity index (χ2n) is 6.03. The number of benzene rings is 1. The lowest BCUT2D eigenvalue weighted by molar-refractivity contribution is -0.118. The molecule has 2 aliphatic rings. The molecule has 0 unspecified atom stereocenters. The monoisotopic (exact) mass is 273 g/mol. The van der Waals surface area contributed by atoms with Crippen molar-refractivity contribution in [1.82, 2.24) is 4.90 Å². The van der Waals surface area contributed by atoms with E-state index in [9.17, 15) is 4.79 Å². The van der Waals surface area contributed by atoms with Crippen LogP contribution in [0.4, 0.5) is 5.69 Å². The standard InChI is InChI=1S/C16H23N3O/c1-18-15-10-12(2-3-13(15)4-5-16(18)20)11-19-8-6-14(17)7-9-19/h2-3,10,14H,4-9,11,17H2,1H3. The molecule has 1 amide bonds. The Morgan fingerprint density at radius 2 is 2.00 bits per heavy atom. The van der Waals surface area contributed by atoms with Gasteiger partial charge in [0.25, 0.3) is 0 Å². The smallest absolute Gasteiger partial charge is 0.227 e. The molecule has 2 heterocycles. The van der Waals surface area contributed by atoms with Crippen molar-refractivity contribution >= 4 is 11.6 Å². The summed E-state index contributed by atoms with van der Waals surface area (Å²) in [4.78, 5) is 16.0. The molecule has 0 aliphatic carbocycles. The lowest BCUT2D eigenvalue weighted by Crippen LogP contribution is -2.39. The number of nitrogens with two attached hydrogens (primary N) is 1. The fourth-order valence-corrected chi connectivity index (χ4v) is 3.14. The van der Waals surface area contributed by atoms with Crippen molar-refractivity contribution in [3.63, 3.8) is 0 Å². The van der Waals surface area contributed by atoms with Gasteiger partial charge in [0, 0.05) is 31.7 Å². The van der Waals surface area contributed by atoms with Crippen molar-refractivity contribution in [3.8, 4) is 0 Å². The predicted molar refractivity (Wildman–Crippen MR) is 80.7 cm³/mol. The molecule has 0 spiro atoms. The van der Waals surface area contributed by atoms with E-state index in [2.05, 4.69) is 23.1 Å². The van der Waals surface area contributed by atoms with Gasteiger partial charge in [0.2, 0.25) is 5.91 Å². The van der Waals surface area contributed by atoms with Gasteiger partial charge in [-0.25, -0.2) is 0 Å². The SMILES string of the molecule is CN1C(=O)CCc2ccc(CN3CCC(N)CC3)cc21. The highest BCUT2D eigenvalue weighted by Gasteiger charge is 2.22. The summed E-state index contributed by atoms with van der Waals surface area (Å²) < 4.78 is 0. The van der Waals surface area contributed by atoms with Gasteiger partial charge in [-0.3, -0.25) is 9.69 Å². The third-order valence-corrected chi connectivity index (χ3v) is 4.53. The minimum Gasteiger partial charge on any atom is -0.328 e. The van der Waals surface area contributed by atoms with Gasteiger partial charge < -0.3 is 10.6 Å². The van der Waals surface area contributed by atoms with E-state index in [4.69, 9.17) is 5.73 Å². The normalized spacial score (nSPS) is 21.1. The van der Waals surface area contributed by atoms with Crippen LogP contribution in [0.25, 0.3) is 0 Å². The Kier molecular flexibility index (Phi) is 3.76. The van der Waals surface area contributed by atoms with Crippen LogP contribution in [0.15, 0.2) is 18.2 Å². The molecule has 1 fully saturated rings. The largest absolute Gasteiger partial charge is 0.328 e. The van der Waals surface area contributed by atoms with Crippen LogP contribution in [0.2, 0.25) is 0 Å². The maximum absolute atomic E-state index is 11.8. The predicted octanol–water partition coefficient (Wildman–Crippen LogP) is 1.52. The zero-order chi connectivity index (χ0) is 14.1. The van der Waals surface area contributed by atoms with Crippen molar-refractivity contribution in [1.29, 1.82) is 0 Å². The van der Waals surface area contributed by atoms with E-state index in [-0.39, 0.29) is 5.91 Å². The van der Waals surface area contributed by atoms with Crippen LogP contribution < -0.4 is 10.6 Å². The highest BCUT2D eigenvalue weighted by molar-refractivity contribution is 5.95. The number of hydrogen-bond donors (Lipinski definition) is 1. The molecule has 0 bridgehead atoms. The molecule has 4 nitrogen and oxygen atoms in total. The Bertz CT molecular complexity index is 506. The Labute approximate surface area is 120 Å². The van der Waals surface area contributed by atoms with E-state index in [1.165, 1.54) is 11.1 Å². The van der Waals surface area contributed by atoms with Gasteiger partial charge in [0.1, 0.15) is 0 Å². The van der Waals surface area contributed by atoms with Crippen molar-refractivity contribution in [2.24, 2.45) is 5.73 Å². The summed E-state index contributed by atoms with van der Waals surface area (Å²) in [5, 5.41) is 0. The van der Waals surface area contributed by atoms with Gasteiger partial charge in [-0.2, -0.15) is 0 Å². The number of hydrogen-bond acceptors (Lipinski definition) is 3. The van der Waals surface area contributed by atoms with E-state index >= 15 is 0 Å². The van der Waals surface area contributed by atoms with Crippen molar-refractivity contribution in [2.45, 2.75) is 38.3 Å². The third kappa shape index (κ3) is 2.72. The Balaban J connectivity index is 1.73. The number of aryl methyl sites for hydroxylation is 1. The maximum atomic E-state index is 11.8. The molecular weight excluding hydrogens is 250 g/mol. The lowest BCUT2D eigenvalue weighted by atomic mass is 9.99. The first kappa shape index (κ1) is 13.6. The third-order valence-electron chi connectivity index (χ3n) is 4.53. The molecule has 108 valence electrons. The van der Waals surface area contributed by atoms with E-state index in [1.807, 2.05) is 7.05 Å². The molecule has 0 aromatic heterocycles. The van der Waals surface area contributed by atoms with Gasteiger partial charge in [0.15, 0.2) is 0 Å². The van der Waals surface area contributed by atoms with Crippen LogP contribution in [0.5, 0.6) is 0 Å². The fourth-order valence-electron chi connectivity index (χ4n) is 3.14. The highest BCUT2D eigenvalue weighted by atomic mass is 16.2. The number of anilines is 1. The molecule has 0 radical (unpaired) electrons. The summed E-state index contributed by atoms with van der Waals surface area (Å²) in [6, 6.07) is 6.94. The van der Waals surface area contributed by atoms with Gasteiger partial charge >= 0.3 is 0 Å². The Morgan fingerprint density at radius 1 is 1.25 bits per heavy atom. The minimum absolute atomic E-state index is 0.221. The maximum Gasteiger partial charge on any atom is 0.227 e. The molecular formula is C16H23N3O. The molecule has 1 saturated heterocycles. The minimum atomic E-state index is 0.221. The van der Waals surface area contributed by atoms with E-state index in [1.54, 1.807) is 4.90 Å². The number of likely N-dealkylation sites (tertiary alicyclic amines) is 1. The van der Waals surface area contributed by atoms with Gasteiger partial charge in [-0.05, 0) is 49.5 Å². The molecule has 20 heavy (non-hydrogen) atoms. The van der Waals surface area contributed by atoms with Gasteiger partial charge in [-0.1, -0.05) is 12.1 Å². The first-order valence-corrected chi connectivity index (χ1v) is 7.50. The number of piperidine rings is 1. The number of rotatable bonds is 2. The molecule has 1 aromatic carbocycles. The Morgan fingerprint density at radius 3 is 2.75 bits per heavy atom. The average molecular weight is 273 g/mol. The number of amides is 1. The number of carbonyl (C=O) groups excluding carboxylic acids is 1.